The first-order valence-electron chi connectivity index (χ1n) is 6.37. The van der Waals surface area contributed by atoms with Crippen LogP contribution in [-0.4, -0.2) is 31.8 Å². The summed E-state index contributed by atoms with van der Waals surface area (Å²) in [5.41, 5.74) is 0. The molecule has 1 aromatic rings. The highest BCUT2D eigenvalue weighted by Crippen LogP contribution is 2.31. The molecule has 19 heavy (non-hydrogen) atoms. The maximum atomic E-state index is 12.0. The predicted molar refractivity (Wildman–Crippen MR) is 67.7 cm³/mol. The molecular weight excluding hydrogens is 270 g/mol. The number of rotatable bonds is 6. The molecule has 6 nitrogen and oxygen atoms in total. The Bertz CT molecular complexity index is 510. The van der Waals surface area contributed by atoms with Crippen LogP contribution in [0.15, 0.2) is 21.6 Å². The molecular formula is C12H19NO5S. The van der Waals surface area contributed by atoms with Gasteiger partial charge in [-0.3, -0.25) is 0 Å². The van der Waals surface area contributed by atoms with Gasteiger partial charge in [0.2, 0.25) is 5.09 Å². The zero-order valence-corrected chi connectivity index (χ0v) is 11.4. The highest BCUT2D eigenvalue weighted by atomic mass is 32.2. The van der Waals surface area contributed by atoms with Crippen molar-refractivity contribution in [3.8, 4) is 0 Å². The van der Waals surface area contributed by atoms with E-state index >= 15 is 0 Å². The highest BCUT2D eigenvalue weighted by molar-refractivity contribution is 7.89. The van der Waals surface area contributed by atoms with Gasteiger partial charge in [0.25, 0.3) is 10.0 Å². The molecule has 1 heterocycles. The van der Waals surface area contributed by atoms with Crippen LogP contribution in [0.2, 0.25) is 0 Å². The second-order valence-electron chi connectivity index (χ2n) is 4.86. The number of aliphatic hydroxyl groups excluding tert-OH is 2. The van der Waals surface area contributed by atoms with Gasteiger partial charge in [-0.2, -0.15) is 0 Å². The maximum absolute atomic E-state index is 12.0. The Morgan fingerprint density at radius 3 is 2.63 bits per heavy atom. The molecule has 0 radical (unpaired) electrons. The van der Waals surface area contributed by atoms with Crippen molar-refractivity contribution in [3.63, 3.8) is 0 Å². The Kier molecular flexibility index (Phi) is 4.62. The third kappa shape index (κ3) is 3.36. The summed E-state index contributed by atoms with van der Waals surface area (Å²) in [6.07, 6.45) is 2.89. The molecule has 7 heteroatoms. The van der Waals surface area contributed by atoms with Gasteiger partial charge in [-0.15, -0.1) is 0 Å². The molecule has 0 saturated heterocycles. The molecule has 1 aliphatic carbocycles. The summed E-state index contributed by atoms with van der Waals surface area (Å²) in [6, 6.07) is 2.76. The molecule has 0 aliphatic heterocycles. The smallest absolute Gasteiger partial charge is 0.273 e. The van der Waals surface area contributed by atoms with Crippen molar-refractivity contribution in [1.82, 2.24) is 4.72 Å². The van der Waals surface area contributed by atoms with Gasteiger partial charge in [0.05, 0.1) is 0 Å². The van der Waals surface area contributed by atoms with E-state index in [0.29, 0.717) is 6.54 Å². The van der Waals surface area contributed by atoms with Crippen LogP contribution in [0.25, 0.3) is 0 Å². The zero-order valence-electron chi connectivity index (χ0n) is 10.6. The fourth-order valence-corrected chi connectivity index (χ4v) is 3.54. The number of furan rings is 1. The van der Waals surface area contributed by atoms with Crippen molar-refractivity contribution in [3.05, 3.63) is 17.9 Å². The van der Waals surface area contributed by atoms with E-state index in [1.165, 1.54) is 12.1 Å². The molecule has 2 unspecified atom stereocenters. The standard InChI is InChI=1S/C12H19NO5S/c14-7-10-3-1-2-9(10)6-13-19(16,17)12-5-4-11(8-15)18-12/h4-5,9-10,13-15H,1-3,6-8H2. The maximum Gasteiger partial charge on any atom is 0.273 e. The average molecular weight is 289 g/mol. The number of aliphatic hydroxyl groups is 2. The van der Waals surface area contributed by atoms with Gasteiger partial charge in [0.1, 0.15) is 12.4 Å². The monoisotopic (exact) mass is 289 g/mol. The van der Waals surface area contributed by atoms with Gasteiger partial charge in [-0.05, 0) is 36.8 Å². The number of hydrogen-bond donors (Lipinski definition) is 3. The summed E-state index contributed by atoms with van der Waals surface area (Å²) < 4.78 is 31.4. The van der Waals surface area contributed by atoms with Crippen LogP contribution in [0.1, 0.15) is 25.0 Å². The van der Waals surface area contributed by atoms with E-state index in [1.807, 2.05) is 0 Å². The van der Waals surface area contributed by atoms with Crippen LogP contribution in [-0.2, 0) is 16.6 Å². The SMILES string of the molecule is O=S(=O)(NCC1CCCC1CO)c1ccc(CO)o1. The van der Waals surface area contributed by atoms with E-state index in [1.54, 1.807) is 0 Å². The van der Waals surface area contributed by atoms with Gasteiger partial charge in [0, 0.05) is 13.2 Å². The Balaban J connectivity index is 1.97. The lowest BCUT2D eigenvalue weighted by atomic mass is 9.97. The molecule has 3 N–H and O–H groups in total. The summed E-state index contributed by atoms with van der Waals surface area (Å²) in [7, 11) is -3.68. The molecule has 108 valence electrons. The second kappa shape index (κ2) is 6.04. The van der Waals surface area contributed by atoms with Crippen LogP contribution in [0.3, 0.4) is 0 Å². The fraction of sp³-hybridized carbons (Fsp3) is 0.667. The van der Waals surface area contributed by atoms with Crippen LogP contribution >= 0.6 is 0 Å². The number of sulfonamides is 1. The summed E-state index contributed by atoms with van der Waals surface area (Å²) in [5, 5.41) is 17.9. The Labute approximate surface area is 112 Å². The minimum atomic E-state index is -3.68. The van der Waals surface area contributed by atoms with Crippen molar-refractivity contribution in [2.75, 3.05) is 13.2 Å². The number of hydrogen-bond acceptors (Lipinski definition) is 5. The molecule has 1 fully saturated rings. The van der Waals surface area contributed by atoms with Crippen molar-refractivity contribution >= 4 is 10.0 Å². The molecule has 2 atom stereocenters. The lowest BCUT2D eigenvalue weighted by Gasteiger charge is -2.17. The lowest BCUT2D eigenvalue weighted by molar-refractivity contribution is 0.195. The van der Waals surface area contributed by atoms with E-state index in [2.05, 4.69) is 4.72 Å². The molecule has 0 bridgehead atoms. The minimum absolute atomic E-state index is 0.0990. The first-order valence-corrected chi connectivity index (χ1v) is 7.85. The molecule has 0 spiro atoms. The predicted octanol–water partition coefficient (Wildman–Crippen LogP) is 0.459. The van der Waals surface area contributed by atoms with Crippen molar-refractivity contribution in [1.29, 1.82) is 0 Å². The highest BCUT2D eigenvalue weighted by Gasteiger charge is 2.28. The Morgan fingerprint density at radius 2 is 2.00 bits per heavy atom. The van der Waals surface area contributed by atoms with Crippen molar-refractivity contribution in [2.24, 2.45) is 11.8 Å². The van der Waals surface area contributed by atoms with Gasteiger partial charge < -0.3 is 14.6 Å². The summed E-state index contributed by atoms with van der Waals surface area (Å²) >= 11 is 0. The second-order valence-corrected chi connectivity index (χ2v) is 6.56. The van der Waals surface area contributed by atoms with E-state index in [9.17, 15) is 13.5 Å². The third-order valence-corrected chi connectivity index (χ3v) is 4.94. The van der Waals surface area contributed by atoms with Crippen LogP contribution in [0.4, 0.5) is 0 Å². The normalized spacial score (nSPS) is 23.9. The molecule has 1 saturated carbocycles. The summed E-state index contributed by atoms with van der Waals surface area (Å²) in [5.74, 6) is 0.564. The largest absolute Gasteiger partial charge is 0.446 e. The fourth-order valence-electron chi connectivity index (χ4n) is 2.50. The van der Waals surface area contributed by atoms with Gasteiger partial charge >= 0.3 is 0 Å². The van der Waals surface area contributed by atoms with Crippen LogP contribution < -0.4 is 4.72 Å². The lowest BCUT2D eigenvalue weighted by Crippen LogP contribution is -2.31. The van der Waals surface area contributed by atoms with Crippen LogP contribution in [0, 0.1) is 11.8 Å². The molecule has 0 amide bonds. The van der Waals surface area contributed by atoms with E-state index in [0.717, 1.165) is 19.3 Å². The van der Waals surface area contributed by atoms with E-state index in [-0.39, 0.29) is 35.9 Å². The van der Waals surface area contributed by atoms with E-state index in [4.69, 9.17) is 9.52 Å². The van der Waals surface area contributed by atoms with Crippen LogP contribution in [0.5, 0.6) is 0 Å². The average Bonchev–Trinajstić information content (AvgIpc) is 3.05. The summed E-state index contributed by atoms with van der Waals surface area (Å²) in [6.45, 7) is 0.0786. The quantitative estimate of drug-likeness (QED) is 0.706. The third-order valence-electron chi connectivity index (χ3n) is 3.64. The van der Waals surface area contributed by atoms with Crippen molar-refractivity contribution in [2.45, 2.75) is 31.0 Å². The Hall–Kier alpha value is -0.890. The molecule has 1 aromatic heterocycles. The summed E-state index contributed by atoms with van der Waals surface area (Å²) in [4.78, 5) is 0. The van der Waals surface area contributed by atoms with Crippen molar-refractivity contribution < 1.29 is 23.0 Å². The van der Waals surface area contributed by atoms with Gasteiger partial charge in [-0.1, -0.05) is 6.42 Å². The first kappa shape index (κ1) is 14.5. The molecule has 1 aliphatic rings. The van der Waals surface area contributed by atoms with Gasteiger partial charge in [0.15, 0.2) is 0 Å². The number of nitrogens with one attached hydrogen (secondary N) is 1. The first-order chi connectivity index (χ1) is 9.06. The molecule has 2 rings (SSSR count). The van der Waals surface area contributed by atoms with E-state index < -0.39 is 10.0 Å². The minimum Gasteiger partial charge on any atom is -0.446 e. The Morgan fingerprint density at radius 1 is 1.26 bits per heavy atom. The molecule has 0 aromatic carbocycles. The topological polar surface area (TPSA) is 99.8 Å². The van der Waals surface area contributed by atoms with Gasteiger partial charge in [-0.25, -0.2) is 13.1 Å². The zero-order chi connectivity index (χ0) is 13.9.